The van der Waals surface area contributed by atoms with Gasteiger partial charge in [0.2, 0.25) is 0 Å². The fraction of sp³-hybridized carbons (Fsp3) is 0.609. The molecule has 164 valence electrons. The van der Waals surface area contributed by atoms with E-state index in [1.807, 2.05) is 0 Å². The molecule has 2 aromatic rings. The highest BCUT2D eigenvalue weighted by Crippen LogP contribution is 2.31. The van der Waals surface area contributed by atoms with Crippen molar-refractivity contribution in [3.8, 4) is 0 Å². The first-order valence-corrected chi connectivity index (χ1v) is 11.6. The molecule has 5 rings (SSSR count). The first-order chi connectivity index (χ1) is 15.2. The molecule has 1 aliphatic carbocycles. The van der Waals surface area contributed by atoms with Gasteiger partial charge in [0.1, 0.15) is 11.5 Å². The lowest BCUT2D eigenvalue weighted by atomic mass is 9.92. The predicted molar refractivity (Wildman–Crippen MR) is 116 cm³/mol. The molecule has 1 amide bonds. The van der Waals surface area contributed by atoms with Crippen molar-refractivity contribution in [3.05, 3.63) is 51.7 Å². The molecule has 1 N–H and O–H groups in total. The van der Waals surface area contributed by atoms with Crippen molar-refractivity contribution in [3.63, 3.8) is 0 Å². The standard InChI is InChI=1S/C23H30N6O2/c30-22-17-15-28(16-6-2-1-3-7-16)13-9-18(17)26-21(27-22)20-8-4-5-12-29(20)23(31)19-14-24-10-11-25-19/h10-11,14,16,20H,1-9,12-13,15H2,(H,26,27,30)/t20-/m0/s1. The lowest BCUT2D eigenvalue weighted by Crippen LogP contribution is -2.44. The smallest absolute Gasteiger partial charge is 0.274 e. The van der Waals surface area contributed by atoms with Crippen LogP contribution in [0.25, 0.3) is 0 Å². The number of hydrogen-bond donors (Lipinski definition) is 1. The largest absolute Gasteiger partial charge is 0.327 e. The normalized spacial score (nSPS) is 22.8. The molecule has 3 aliphatic rings. The Bertz CT molecular complexity index is 985. The lowest BCUT2D eigenvalue weighted by Gasteiger charge is -2.38. The van der Waals surface area contributed by atoms with Crippen molar-refractivity contribution >= 4 is 5.91 Å². The van der Waals surface area contributed by atoms with E-state index in [0.717, 1.165) is 43.5 Å². The Hall–Kier alpha value is -2.61. The number of piperidine rings is 1. The number of hydrogen-bond acceptors (Lipinski definition) is 6. The molecule has 0 aromatic carbocycles. The van der Waals surface area contributed by atoms with Gasteiger partial charge in [-0.25, -0.2) is 9.97 Å². The molecule has 1 saturated heterocycles. The zero-order chi connectivity index (χ0) is 21.2. The number of aromatic amines is 1. The van der Waals surface area contributed by atoms with Crippen LogP contribution >= 0.6 is 0 Å². The highest BCUT2D eigenvalue weighted by atomic mass is 16.2. The van der Waals surface area contributed by atoms with Gasteiger partial charge in [-0.1, -0.05) is 19.3 Å². The van der Waals surface area contributed by atoms with Crippen LogP contribution < -0.4 is 5.56 Å². The lowest BCUT2D eigenvalue weighted by molar-refractivity contribution is 0.0591. The number of aromatic nitrogens is 4. The summed E-state index contributed by atoms with van der Waals surface area (Å²) in [5, 5.41) is 0. The van der Waals surface area contributed by atoms with Gasteiger partial charge in [0.15, 0.2) is 0 Å². The summed E-state index contributed by atoms with van der Waals surface area (Å²) in [5.41, 5.74) is 2.00. The Morgan fingerprint density at radius 2 is 1.87 bits per heavy atom. The number of carbonyl (C=O) groups excluding carboxylic acids is 1. The van der Waals surface area contributed by atoms with Crippen LogP contribution in [0.5, 0.6) is 0 Å². The van der Waals surface area contributed by atoms with E-state index in [1.165, 1.54) is 44.5 Å². The monoisotopic (exact) mass is 422 g/mol. The van der Waals surface area contributed by atoms with Gasteiger partial charge in [-0.2, -0.15) is 0 Å². The third kappa shape index (κ3) is 4.13. The molecular weight excluding hydrogens is 392 g/mol. The fourth-order valence-corrected chi connectivity index (χ4v) is 5.40. The summed E-state index contributed by atoms with van der Waals surface area (Å²) in [6.45, 7) is 2.28. The molecule has 31 heavy (non-hydrogen) atoms. The molecule has 8 heteroatoms. The zero-order valence-electron chi connectivity index (χ0n) is 17.9. The van der Waals surface area contributed by atoms with Crippen molar-refractivity contribution in [1.29, 1.82) is 0 Å². The topological polar surface area (TPSA) is 95.1 Å². The van der Waals surface area contributed by atoms with E-state index in [-0.39, 0.29) is 17.5 Å². The van der Waals surface area contributed by atoms with Crippen molar-refractivity contribution < 1.29 is 4.79 Å². The molecule has 0 unspecified atom stereocenters. The summed E-state index contributed by atoms with van der Waals surface area (Å²) in [6.07, 6.45) is 14.5. The van der Waals surface area contributed by atoms with Crippen molar-refractivity contribution in [2.24, 2.45) is 0 Å². The average molecular weight is 423 g/mol. The van der Waals surface area contributed by atoms with Gasteiger partial charge >= 0.3 is 0 Å². The van der Waals surface area contributed by atoms with Gasteiger partial charge in [-0.15, -0.1) is 0 Å². The number of fused-ring (bicyclic) bond motifs is 1. The molecule has 2 aliphatic heterocycles. The van der Waals surface area contributed by atoms with Crippen LogP contribution in [-0.2, 0) is 13.0 Å². The van der Waals surface area contributed by atoms with Gasteiger partial charge in [-0.05, 0) is 32.1 Å². The van der Waals surface area contributed by atoms with Crippen LogP contribution in [0.4, 0.5) is 0 Å². The minimum Gasteiger partial charge on any atom is -0.327 e. The van der Waals surface area contributed by atoms with Crippen LogP contribution in [0.15, 0.2) is 23.4 Å². The number of carbonyl (C=O) groups is 1. The maximum Gasteiger partial charge on any atom is 0.274 e. The Morgan fingerprint density at radius 1 is 1.03 bits per heavy atom. The molecule has 1 saturated carbocycles. The van der Waals surface area contributed by atoms with Crippen molar-refractivity contribution in [2.45, 2.75) is 76.4 Å². The van der Waals surface area contributed by atoms with E-state index < -0.39 is 0 Å². The molecule has 8 nitrogen and oxygen atoms in total. The van der Waals surface area contributed by atoms with E-state index in [1.54, 1.807) is 11.1 Å². The maximum atomic E-state index is 13.1. The van der Waals surface area contributed by atoms with Gasteiger partial charge in [-0.3, -0.25) is 19.5 Å². The number of likely N-dealkylation sites (tertiary alicyclic amines) is 1. The maximum absolute atomic E-state index is 13.1. The van der Waals surface area contributed by atoms with E-state index in [9.17, 15) is 9.59 Å². The Morgan fingerprint density at radius 3 is 2.68 bits per heavy atom. The zero-order valence-corrected chi connectivity index (χ0v) is 17.9. The second-order valence-corrected chi connectivity index (χ2v) is 8.99. The van der Waals surface area contributed by atoms with E-state index in [2.05, 4.69) is 19.9 Å². The van der Waals surface area contributed by atoms with Gasteiger partial charge in [0.05, 0.1) is 23.5 Å². The molecule has 2 fully saturated rings. The van der Waals surface area contributed by atoms with Crippen LogP contribution in [0.3, 0.4) is 0 Å². The highest BCUT2D eigenvalue weighted by Gasteiger charge is 2.33. The minimum absolute atomic E-state index is 0.0435. The van der Waals surface area contributed by atoms with Crippen LogP contribution in [0.2, 0.25) is 0 Å². The molecule has 2 aromatic heterocycles. The summed E-state index contributed by atoms with van der Waals surface area (Å²) >= 11 is 0. The summed E-state index contributed by atoms with van der Waals surface area (Å²) in [6, 6.07) is 0.372. The van der Waals surface area contributed by atoms with Gasteiger partial charge in [0, 0.05) is 44.5 Å². The number of rotatable bonds is 3. The van der Waals surface area contributed by atoms with Gasteiger partial charge < -0.3 is 9.88 Å². The third-order valence-electron chi connectivity index (χ3n) is 7.07. The Labute approximate surface area is 182 Å². The number of nitrogens with one attached hydrogen (secondary N) is 1. The molecular formula is C23H30N6O2. The SMILES string of the molecule is O=C(c1cnccn1)N1CCCC[C@H]1c1nc2c(c(=O)[nH]1)CN(C1CCCCC1)CC2. The van der Waals surface area contributed by atoms with Crippen molar-refractivity contribution in [2.75, 3.05) is 13.1 Å². The van der Waals surface area contributed by atoms with Gasteiger partial charge in [0.25, 0.3) is 11.5 Å². The second-order valence-electron chi connectivity index (χ2n) is 8.99. The molecule has 4 heterocycles. The van der Waals surface area contributed by atoms with E-state index in [4.69, 9.17) is 4.98 Å². The first-order valence-electron chi connectivity index (χ1n) is 11.6. The number of H-pyrrole nitrogens is 1. The fourth-order valence-electron chi connectivity index (χ4n) is 5.40. The quantitative estimate of drug-likeness (QED) is 0.817. The average Bonchev–Trinajstić information content (AvgIpc) is 2.84. The molecule has 0 bridgehead atoms. The Balaban J connectivity index is 1.39. The number of amides is 1. The summed E-state index contributed by atoms with van der Waals surface area (Å²) in [4.78, 5) is 46.5. The van der Waals surface area contributed by atoms with Crippen molar-refractivity contribution in [1.82, 2.24) is 29.7 Å². The van der Waals surface area contributed by atoms with Crippen LogP contribution in [0.1, 0.15) is 85.0 Å². The predicted octanol–water partition coefficient (Wildman–Crippen LogP) is 2.62. The third-order valence-corrected chi connectivity index (χ3v) is 7.07. The summed E-state index contributed by atoms with van der Waals surface area (Å²) in [7, 11) is 0. The summed E-state index contributed by atoms with van der Waals surface area (Å²) < 4.78 is 0. The van der Waals surface area contributed by atoms with E-state index in [0.29, 0.717) is 30.6 Å². The molecule has 0 spiro atoms. The number of nitrogens with zero attached hydrogens (tertiary/aromatic N) is 5. The Kier molecular flexibility index (Phi) is 5.80. The van der Waals surface area contributed by atoms with Crippen LogP contribution in [-0.4, -0.2) is 54.8 Å². The molecule has 0 radical (unpaired) electrons. The highest BCUT2D eigenvalue weighted by molar-refractivity contribution is 5.92. The second kappa shape index (κ2) is 8.86. The first kappa shape index (κ1) is 20.3. The molecule has 1 atom stereocenters. The van der Waals surface area contributed by atoms with Crippen LogP contribution in [0, 0.1) is 0 Å². The van der Waals surface area contributed by atoms with E-state index >= 15 is 0 Å². The minimum atomic E-state index is -0.224. The summed E-state index contributed by atoms with van der Waals surface area (Å²) in [5.74, 6) is 0.466.